The van der Waals surface area contributed by atoms with E-state index in [2.05, 4.69) is 20.1 Å². The number of aromatic amines is 1. The number of nitrogens with one attached hydrogen (secondary N) is 1. The van der Waals surface area contributed by atoms with E-state index in [1.165, 1.54) is 6.33 Å². The highest BCUT2D eigenvalue weighted by atomic mass is 16.5. The van der Waals surface area contributed by atoms with Crippen LogP contribution in [-0.2, 0) is 0 Å². The fourth-order valence-corrected chi connectivity index (χ4v) is 0.665. The standard InChI is InChI=1S/C5H4N4O/c1-4(7-2-6-1)5-8-3-9-10-5/h1-3H,(H,6,7). The maximum atomic E-state index is 4.75. The molecule has 2 aromatic heterocycles. The summed E-state index contributed by atoms with van der Waals surface area (Å²) in [4.78, 5) is 10.4. The van der Waals surface area contributed by atoms with E-state index in [0.29, 0.717) is 5.89 Å². The molecule has 0 aromatic carbocycles. The van der Waals surface area contributed by atoms with E-state index in [4.69, 9.17) is 4.52 Å². The quantitative estimate of drug-likeness (QED) is 0.618. The Morgan fingerprint density at radius 2 is 2.50 bits per heavy atom. The van der Waals surface area contributed by atoms with Gasteiger partial charge in [-0.05, 0) is 0 Å². The number of hydrogen-bond donors (Lipinski definition) is 1. The van der Waals surface area contributed by atoms with E-state index in [1.807, 2.05) is 0 Å². The Morgan fingerprint density at radius 3 is 3.10 bits per heavy atom. The molecule has 0 radical (unpaired) electrons. The Hall–Kier alpha value is -1.65. The van der Waals surface area contributed by atoms with Gasteiger partial charge in [0.25, 0.3) is 5.89 Å². The Bertz CT molecular complexity index is 253. The van der Waals surface area contributed by atoms with Crippen molar-refractivity contribution in [2.45, 2.75) is 0 Å². The SMILES string of the molecule is c1noc(-c2cnc[nH]2)n1. The van der Waals surface area contributed by atoms with Crippen LogP contribution in [0.5, 0.6) is 0 Å². The van der Waals surface area contributed by atoms with Gasteiger partial charge in [-0.25, -0.2) is 4.98 Å². The highest BCUT2D eigenvalue weighted by molar-refractivity contribution is 5.42. The lowest BCUT2D eigenvalue weighted by molar-refractivity contribution is 0.429. The van der Waals surface area contributed by atoms with Crippen LogP contribution in [0.1, 0.15) is 0 Å². The Morgan fingerprint density at radius 1 is 1.50 bits per heavy atom. The number of aromatic nitrogens is 4. The molecule has 5 nitrogen and oxygen atoms in total. The van der Waals surface area contributed by atoms with Gasteiger partial charge >= 0.3 is 0 Å². The molecule has 5 heteroatoms. The monoisotopic (exact) mass is 136 g/mol. The smallest absolute Gasteiger partial charge is 0.275 e. The molecule has 0 atom stereocenters. The fourth-order valence-electron chi connectivity index (χ4n) is 0.665. The molecule has 2 heterocycles. The molecule has 0 aliphatic heterocycles. The first kappa shape index (κ1) is 5.16. The van der Waals surface area contributed by atoms with E-state index < -0.39 is 0 Å². The van der Waals surface area contributed by atoms with E-state index in [9.17, 15) is 0 Å². The number of hydrogen-bond acceptors (Lipinski definition) is 4. The normalized spacial score (nSPS) is 10.0. The topological polar surface area (TPSA) is 67.6 Å². The predicted molar refractivity (Wildman–Crippen MR) is 31.9 cm³/mol. The van der Waals surface area contributed by atoms with Crippen LogP contribution in [0.15, 0.2) is 23.4 Å². The minimum absolute atomic E-state index is 0.456. The van der Waals surface area contributed by atoms with Gasteiger partial charge in [0.05, 0.1) is 12.5 Å². The van der Waals surface area contributed by atoms with Gasteiger partial charge in [0.15, 0.2) is 6.33 Å². The Labute approximate surface area is 56.1 Å². The van der Waals surface area contributed by atoms with Crippen LogP contribution < -0.4 is 0 Å². The first-order valence-corrected chi connectivity index (χ1v) is 2.72. The summed E-state index contributed by atoms with van der Waals surface area (Å²) in [5, 5.41) is 3.44. The lowest BCUT2D eigenvalue weighted by Gasteiger charge is -1.81. The zero-order valence-electron chi connectivity index (χ0n) is 4.98. The molecule has 0 unspecified atom stereocenters. The molecule has 0 fully saturated rings. The molecule has 0 bridgehead atoms. The molecule has 50 valence electrons. The zero-order chi connectivity index (χ0) is 6.81. The van der Waals surface area contributed by atoms with Gasteiger partial charge in [-0.3, -0.25) is 0 Å². The van der Waals surface area contributed by atoms with Crippen molar-refractivity contribution in [2.24, 2.45) is 0 Å². The molecule has 0 saturated carbocycles. The minimum atomic E-state index is 0.456. The average Bonchev–Trinajstić information content (AvgIpc) is 2.59. The van der Waals surface area contributed by atoms with Crippen molar-refractivity contribution in [1.82, 2.24) is 20.1 Å². The van der Waals surface area contributed by atoms with Crippen LogP contribution in [0.3, 0.4) is 0 Å². The first-order chi connectivity index (χ1) is 4.97. The third-order valence-corrected chi connectivity index (χ3v) is 1.09. The van der Waals surface area contributed by atoms with Gasteiger partial charge in [0.1, 0.15) is 5.69 Å². The number of rotatable bonds is 1. The summed E-state index contributed by atoms with van der Waals surface area (Å²) in [6.07, 6.45) is 4.52. The molecule has 0 aliphatic carbocycles. The Balaban J connectivity index is 2.48. The number of nitrogens with zero attached hydrogens (tertiary/aromatic N) is 3. The van der Waals surface area contributed by atoms with Crippen LogP contribution in [0.25, 0.3) is 11.6 Å². The largest absolute Gasteiger partial charge is 0.341 e. The highest BCUT2D eigenvalue weighted by Crippen LogP contribution is 2.09. The van der Waals surface area contributed by atoms with Crippen molar-refractivity contribution in [3.05, 3.63) is 18.9 Å². The molecule has 0 aliphatic rings. The van der Waals surface area contributed by atoms with E-state index >= 15 is 0 Å². The summed E-state index contributed by atoms with van der Waals surface area (Å²) in [5.74, 6) is 0.456. The molecule has 1 N–H and O–H groups in total. The first-order valence-electron chi connectivity index (χ1n) is 2.72. The van der Waals surface area contributed by atoms with E-state index in [0.717, 1.165) is 5.69 Å². The Kier molecular flexibility index (Phi) is 1.00. The molecule has 0 spiro atoms. The fraction of sp³-hybridized carbons (Fsp3) is 0. The summed E-state index contributed by atoms with van der Waals surface area (Å²) in [6, 6.07) is 0. The maximum absolute atomic E-state index is 4.75. The number of imidazole rings is 1. The predicted octanol–water partition coefficient (Wildman–Crippen LogP) is 0.460. The van der Waals surface area contributed by atoms with Crippen molar-refractivity contribution in [2.75, 3.05) is 0 Å². The molecular weight excluding hydrogens is 132 g/mol. The lowest BCUT2D eigenvalue weighted by atomic mass is 10.5. The van der Waals surface area contributed by atoms with Crippen molar-refractivity contribution < 1.29 is 4.52 Å². The van der Waals surface area contributed by atoms with Crippen LogP contribution in [-0.4, -0.2) is 20.1 Å². The second kappa shape index (κ2) is 1.94. The second-order valence-electron chi connectivity index (χ2n) is 1.71. The molecule has 2 aromatic rings. The van der Waals surface area contributed by atoms with Crippen molar-refractivity contribution in [3.63, 3.8) is 0 Å². The summed E-state index contributed by atoms with van der Waals surface area (Å²) in [7, 11) is 0. The van der Waals surface area contributed by atoms with Crippen LogP contribution in [0.2, 0.25) is 0 Å². The molecular formula is C5H4N4O. The number of H-pyrrole nitrogens is 1. The minimum Gasteiger partial charge on any atom is -0.341 e. The molecule has 0 amide bonds. The van der Waals surface area contributed by atoms with Crippen LogP contribution in [0, 0.1) is 0 Å². The van der Waals surface area contributed by atoms with Gasteiger partial charge in [-0.15, -0.1) is 0 Å². The van der Waals surface area contributed by atoms with E-state index in [1.54, 1.807) is 12.5 Å². The zero-order valence-corrected chi connectivity index (χ0v) is 4.98. The van der Waals surface area contributed by atoms with Gasteiger partial charge in [0.2, 0.25) is 0 Å². The lowest BCUT2D eigenvalue weighted by Crippen LogP contribution is -1.73. The molecule has 10 heavy (non-hydrogen) atoms. The van der Waals surface area contributed by atoms with E-state index in [-0.39, 0.29) is 0 Å². The second-order valence-corrected chi connectivity index (χ2v) is 1.71. The summed E-state index contributed by atoms with van der Waals surface area (Å²) >= 11 is 0. The highest BCUT2D eigenvalue weighted by Gasteiger charge is 2.02. The molecule has 0 saturated heterocycles. The van der Waals surface area contributed by atoms with Crippen molar-refractivity contribution in [3.8, 4) is 11.6 Å². The summed E-state index contributed by atoms with van der Waals surface area (Å²) in [6.45, 7) is 0. The third-order valence-electron chi connectivity index (χ3n) is 1.09. The third kappa shape index (κ3) is 0.680. The van der Waals surface area contributed by atoms with Gasteiger partial charge in [0, 0.05) is 0 Å². The summed E-state index contributed by atoms with van der Waals surface area (Å²) < 4.78 is 4.75. The molecule has 2 rings (SSSR count). The van der Waals surface area contributed by atoms with Crippen LogP contribution >= 0.6 is 0 Å². The van der Waals surface area contributed by atoms with Gasteiger partial charge in [-0.1, -0.05) is 5.16 Å². The maximum Gasteiger partial charge on any atom is 0.275 e. The van der Waals surface area contributed by atoms with Crippen LogP contribution in [0.4, 0.5) is 0 Å². The van der Waals surface area contributed by atoms with Gasteiger partial charge in [-0.2, -0.15) is 4.98 Å². The van der Waals surface area contributed by atoms with Gasteiger partial charge < -0.3 is 9.51 Å². The average molecular weight is 136 g/mol. The summed E-state index contributed by atoms with van der Waals surface area (Å²) in [5.41, 5.74) is 0.734. The van der Waals surface area contributed by atoms with Crippen molar-refractivity contribution >= 4 is 0 Å². The van der Waals surface area contributed by atoms with Crippen molar-refractivity contribution in [1.29, 1.82) is 0 Å².